The Morgan fingerprint density at radius 1 is 1.25 bits per heavy atom. The van der Waals surface area contributed by atoms with Crippen molar-refractivity contribution in [2.24, 2.45) is 0 Å². The largest absolute Gasteiger partial charge is 0.417 e. The van der Waals surface area contributed by atoms with Crippen LogP contribution in [0.25, 0.3) is 11.3 Å². The number of aromatic nitrogens is 2. The van der Waals surface area contributed by atoms with Crippen molar-refractivity contribution < 1.29 is 18.3 Å². The highest BCUT2D eigenvalue weighted by atomic mass is 19.4. The van der Waals surface area contributed by atoms with Crippen LogP contribution in [0.15, 0.2) is 30.5 Å². The average Bonchev–Trinajstić information content (AvgIpc) is 2.80. The van der Waals surface area contributed by atoms with Gasteiger partial charge in [-0.05, 0) is 12.5 Å². The lowest BCUT2D eigenvalue weighted by Gasteiger charge is -2.18. The normalized spacial score (nSPS) is 18.9. The van der Waals surface area contributed by atoms with Crippen molar-refractivity contribution >= 4 is 0 Å². The molecule has 1 aromatic heterocycles. The molecule has 0 bridgehead atoms. The molecule has 0 saturated carbocycles. The molecule has 0 amide bonds. The molecule has 3 rings (SSSR count). The second-order valence-corrected chi connectivity index (χ2v) is 4.93. The number of nitrogens with zero attached hydrogens (tertiary/aromatic N) is 2. The molecule has 1 unspecified atom stereocenters. The number of hydrogen-bond donors (Lipinski definition) is 1. The van der Waals surface area contributed by atoms with Crippen molar-refractivity contribution in [3.8, 4) is 11.3 Å². The predicted octanol–water partition coefficient (Wildman–Crippen LogP) is 2.88. The minimum atomic E-state index is -4.40. The molecule has 2 heterocycles. The third kappa shape index (κ3) is 2.31. The zero-order chi connectivity index (χ0) is 14.3. The molecular weight excluding hydrogens is 269 g/mol. The SMILES string of the molecule is OC1CCn2cc(-c3ccccc3C(F)(F)F)nc2C1. The number of aliphatic hydroxyl groups is 1. The van der Waals surface area contributed by atoms with Gasteiger partial charge in [0.1, 0.15) is 5.82 Å². The predicted molar refractivity (Wildman–Crippen MR) is 67.0 cm³/mol. The Bertz CT molecular complexity index is 634. The molecule has 6 heteroatoms. The van der Waals surface area contributed by atoms with Crippen molar-refractivity contribution in [3.05, 3.63) is 41.9 Å². The third-order valence-corrected chi connectivity index (χ3v) is 3.49. The smallest absolute Gasteiger partial charge is 0.393 e. The molecule has 0 aliphatic carbocycles. The molecule has 106 valence electrons. The second kappa shape index (κ2) is 4.63. The molecule has 3 nitrogen and oxygen atoms in total. The summed E-state index contributed by atoms with van der Waals surface area (Å²) in [4.78, 5) is 4.25. The average molecular weight is 282 g/mol. The van der Waals surface area contributed by atoms with Crippen LogP contribution in [0.2, 0.25) is 0 Å². The van der Waals surface area contributed by atoms with Gasteiger partial charge in [-0.3, -0.25) is 0 Å². The fraction of sp³-hybridized carbons (Fsp3) is 0.357. The molecule has 0 spiro atoms. The maximum Gasteiger partial charge on any atom is 0.417 e. The van der Waals surface area contributed by atoms with Gasteiger partial charge in [-0.1, -0.05) is 18.2 Å². The highest BCUT2D eigenvalue weighted by Gasteiger charge is 2.34. The van der Waals surface area contributed by atoms with E-state index in [1.807, 2.05) is 4.57 Å². The summed E-state index contributed by atoms with van der Waals surface area (Å²) in [7, 11) is 0. The second-order valence-electron chi connectivity index (χ2n) is 4.93. The lowest BCUT2D eigenvalue weighted by atomic mass is 10.0. The highest BCUT2D eigenvalue weighted by Crippen LogP contribution is 2.36. The zero-order valence-corrected chi connectivity index (χ0v) is 10.6. The van der Waals surface area contributed by atoms with Gasteiger partial charge in [0.15, 0.2) is 0 Å². The van der Waals surface area contributed by atoms with E-state index in [1.54, 1.807) is 12.3 Å². The van der Waals surface area contributed by atoms with Crippen molar-refractivity contribution in [1.29, 1.82) is 0 Å². The number of fused-ring (bicyclic) bond motifs is 1. The molecule has 2 aromatic rings. The summed E-state index contributed by atoms with van der Waals surface area (Å²) in [5, 5.41) is 9.59. The lowest BCUT2D eigenvalue weighted by Crippen LogP contribution is -2.22. The fourth-order valence-electron chi connectivity index (χ4n) is 2.50. The number of rotatable bonds is 1. The summed E-state index contributed by atoms with van der Waals surface area (Å²) < 4.78 is 40.8. The minimum Gasteiger partial charge on any atom is -0.393 e. The van der Waals surface area contributed by atoms with E-state index < -0.39 is 17.8 Å². The standard InChI is InChI=1S/C14H13F3N2O/c15-14(16,17)11-4-2-1-3-10(11)12-8-19-6-5-9(20)7-13(19)18-12/h1-4,8-9,20H,5-7H2. The topological polar surface area (TPSA) is 38.0 Å². The molecule has 0 fully saturated rings. The Hall–Kier alpha value is -1.82. The minimum absolute atomic E-state index is 0.0800. The number of hydrogen-bond acceptors (Lipinski definition) is 2. The van der Waals surface area contributed by atoms with Crippen LogP contribution < -0.4 is 0 Å². The molecule has 1 atom stereocenters. The van der Waals surface area contributed by atoms with Gasteiger partial charge >= 0.3 is 6.18 Å². The first kappa shape index (κ1) is 13.2. The Labute approximate surface area is 113 Å². The molecule has 0 radical (unpaired) electrons. The number of alkyl halides is 3. The lowest BCUT2D eigenvalue weighted by molar-refractivity contribution is -0.137. The Morgan fingerprint density at radius 2 is 2.00 bits per heavy atom. The Morgan fingerprint density at radius 3 is 2.75 bits per heavy atom. The van der Waals surface area contributed by atoms with E-state index in [4.69, 9.17) is 0 Å². The number of benzene rings is 1. The van der Waals surface area contributed by atoms with Gasteiger partial charge in [0, 0.05) is 24.7 Å². The maximum absolute atomic E-state index is 13.0. The number of aliphatic hydroxyl groups excluding tert-OH is 1. The molecule has 1 aliphatic rings. The summed E-state index contributed by atoms with van der Waals surface area (Å²) in [6.07, 6.45) is -2.25. The van der Waals surface area contributed by atoms with E-state index in [0.29, 0.717) is 30.9 Å². The van der Waals surface area contributed by atoms with Gasteiger partial charge in [-0.25, -0.2) is 4.98 Å². The molecule has 1 aromatic carbocycles. The van der Waals surface area contributed by atoms with Crippen molar-refractivity contribution in [2.75, 3.05) is 0 Å². The van der Waals surface area contributed by atoms with E-state index in [9.17, 15) is 18.3 Å². The molecule has 1 aliphatic heterocycles. The van der Waals surface area contributed by atoms with Crippen LogP contribution in [0.3, 0.4) is 0 Å². The van der Waals surface area contributed by atoms with E-state index in [1.165, 1.54) is 12.1 Å². The van der Waals surface area contributed by atoms with Crippen molar-refractivity contribution in [1.82, 2.24) is 9.55 Å². The monoisotopic (exact) mass is 282 g/mol. The first-order chi connectivity index (χ1) is 9.45. The maximum atomic E-state index is 13.0. The van der Waals surface area contributed by atoms with Crippen LogP contribution in [-0.2, 0) is 19.1 Å². The summed E-state index contributed by atoms with van der Waals surface area (Å²) >= 11 is 0. The summed E-state index contributed by atoms with van der Waals surface area (Å²) in [5.41, 5.74) is -0.297. The van der Waals surface area contributed by atoms with Crippen LogP contribution in [0.4, 0.5) is 13.2 Å². The molecule has 0 saturated heterocycles. The van der Waals surface area contributed by atoms with E-state index in [0.717, 1.165) is 6.07 Å². The summed E-state index contributed by atoms with van der Waals surface area (Å²) in [6.45, 7) is 0.581. The number of aryl methyl sites for hydroxylation is 1. The van der Waals surface area contributed by atoms with E-state index in [2.05, 4.69) is 4.98 Å². The van der Waals surface area contributed by atoms with Crippen LogP contribution >= 0.6 is 0 Å². The summed E-state index contributed by atoms with van der Waals surface area (Å²) in [6, 6.07) is 5.42. The number of halogens is 3. The number of imidazole rings is 1. The van der Waals surface area contributed by atoms with Gasteiger partial charge in [-0.15, -0.1) is 0 Å². The van der Waals surface area contributed by atoms with Crippen molar-refractivity contribution in [3.63, 3.8) is 0 Å². The van der Waals surface area contributed by atoms with Crippen molar-refractivity contribution in [2.45, 2.75) is 31.7 Å². The Kier molecular flexibility index (Phi) is 3.05. The van der Waals surface area contributed by atoms with E-state index >= 15 is 0 Å². The van der Waals surface area contributed by atoms with Crippen LogP contribution in [0, 0.1) is 0 Å². The third-order valence-electron chi connectivity index (χ3n) is 3.49. The molecule has 1 N–H and O–H groups in total. The summed E-state index contributed by atoms with van der Waals surface area (Å²) in [5.74, 6) is 0.635. The first-order valence-corrected chi connectivity index (χ1v) is 6.36. The quantitative estimate of drug-likeness (QED) is 0.873. The zero-order valence-electron chi connectivity index (χ0n) is 10.6. The Balaban J connectivity index is 2.07. The van der Waals surface area contributed by atoms with Crippen LogP contribution in [0.1, 0.15) is 17.8 Å². The first-order valence-electron chi connectivity index (χ1n) is 6.36. The van der Waals surface area contributed by atoms with Gasteiger partial charge < -0.3 is 9.67 Å². The van der Waals surface area contributed by atoms with Gasteiger partial charge in [0.05, 0.1) is 17.4 Å². The van der Waals surface area contributed by atoms with Gasteiger partial charge in [0.25, 0.3) is 0 Å². The fourth-order valence-corrected chi connectivity index (χ4v) is 2.50. The molecule has 20 heavy (non-hydrogen) atoms. The van der Waals surface area contributed by atoms with Gasteiger partial charge in [-0.2, -0.15) is 13.2 Å². The van der Waals surface area contributed by atoms with E-state index in [-0.39, 0.29) is 5.56 Å². The van der Waals surface area contributed by atoms with Gasteiger partial charge in [0.2, 0.25) is 0 Å². The molecular formula is C14H13F3N2O. The van der Waals surface area contributed by atoms with Crippen LogP contribution in [0.5, 0.6) is 0 Å². The highest BCUT2D eigenvalue weighted by molar-refractivity contribution is 5.64. The van der Waals surface area contributed by atoms with Crippen LogP contribution in [-0.4, -0.2) is 20.8 Å².